The van der Waals surface area contributed by atoms with Gasteiger partial charge in [0.05, 0.1) is 4.92 Å². The fourth-order valence-electron chi connectivity index (χ4n) is 2.43. The van der Waals surface area contributed by atoms with E-state index in [9.17, 15) is 20.0 Å². The van der Waals surface area contributed by atoms with Gasteiger partial charge in [0.25, 0.3) is 11.6 Å². The Hall–Kier alpha value is -3.67. The highest BCUT2D eigenvalue weighted by molar-refractivity contribution is 6.04. The average molecular weight is 334 g/mol. The lowest BCUT2D eigenvalue weighted by molar-refractivity contribution is -0.384. The molecule has 0 aliphatic rings. The summed E-state index contributed by atoms with van der Waals surface area (Å²) in [6, 6.07) is 19.3. The smallest absolute Gasteiger partial charge is 0.270 e. The summed E-state index contributed by atoms with van der Waals surface area (Å²) in [6.45, 7) is 0. The van der Waals surface area contributed by atoms with Crippen molar-refractivity contribution in [2.45, 2.75) is 0 Å². The van der Waals surface area contributed by atoms with Gasteiger partial charge in [0.2, 0.25) is 0 Å². The standard InChI is InChI=1S/C19H14N2O4/c22-18-10-9-16(21(24)25)12-17(18)14-7-4-8-15(11-14)20-19(23)13-5-2-1-3-6-13/h1-12,22H,(H,20,23). The second-order valence-electron chi connectivity index (χ2n) is 5.36. The number of benzene rings is 3. The van der Waals surface area contributed by atoms with Crippen molar-refractivity contribution in [2.24, 2.45) is 0 Å². The summed E-state index contributed by atoms with van der Waals surface area (Å²) in [4.78, 5) is 22.6. The molecular weight excluding hydrogens is 320 g/mol. The first-order valence-electron chi connectivity index (χ1n) is 7.49. The van der Waals surface area contributed by atoms with E-state index in [1.807, 2.05) is 6.07 Å². The molecule has 25 heavy (non-hydrogen) atoms. The Bertz CT molecular complexity index is 939. The number of amides is 1. The van der Waals surface area contributed by atoms with E-state index in [0.717, 1.165) is 0 Å². The van der Waals surface area contributed by atoms with Crippen molar-refractivity contribution in [2.75, 3.05) is 5.32 Å². The molecule has 0 saturated carbocycles. The van der Waals surface area contributed by atoms with Crippen LogP contribution in [0.4, 0.5) is 11.4 Å². The number of phenols is 1. The normalized spacial score (nSPS) is 10.2. The number of aromatic hydroxyl groups is 1. The number of nitrogens with zero attached hydrogens (tertiary/aromatic N) is 1. The van der Waals surface area contributed by atoms with E-state index >= 15 is 0 Å². The van der Waals surface area contributed by atoms with Gasteiger partial charge in [-0.25, -0.2) is 0 Å². The van der Waals surface area contributed by atoms with Gasteiger partial charge in [-0.05, 0) is 35.9 Å². The quantitative estimate of drug-likeness (QED) is 0.552. The number of hydrogen-bond acceptors (Lipinski definition) is 4. The van der Waals surface area contributed by atoms with Crippen molar-refractivity contribution in [3.63, 3.8) is 0 Å². The zero-order chi connectivity index (χ0) is 17.8. The number of anilines is 1. The molecule has 0 aliphatic carbocycles. The summed E-state index contributed by atoms with van der Waals surface area (Å²) < 4.78 is 0. The third kappa shape index (κ3) is 3.64. The van der Waals surface area contributed by atoms with E-state index in [-0.39, 0.29) is 17.3 Å². The van der Waals surface area contributed by atoms with Crippen LogP contribution in [0.5, 0.6) is 5.75 Å². The molecule has 0 atom stereocenters. The number of carbonyl (C=O) groups excluding carboxylic acids is 1. The number of rotatable bonds is 4. The molecule has 0 heterocycles. The molecule has 0 radical (unpaired) electrons. The van der Waals surface area contributed by atoms with Crippen LogP contribution >= 0.6 is 0 Å². The van der Waals surface area contributed by atoms with Crippen molar-refractivity contribution >= 4 is 17.3 Å². The summed E-state index contributed by atoms with van der Waals surface area (Å²) in [5, 5.41) is 23.7. The lowest BCUT2D eigenvalue weighted by atomic mass is 10.0. The van der Waals surface area contributed by atoms with Crippen molar-refractivity contribution in [3.8, 4) is 16.9 Å². The van der Waals surface area contributed by atoms with E-state index in [1.165, 1.54) is 18.2 Å². The minimum Gasteiger partial charge on any atom is -0.507 e. The lowest BCUT2D eigenvalue weighted by Crippen LogP contribution is -2.11. The maximum Gasteiger partial charge on any atom is 0.270 e. The van der Waals surface area contributed by atoms with Crippen LogP contribution in [0.1, 0.15) is 10.4 Å². The molecule has 0 unspecified atom stereocenters. The van der Waals surface area contributed by atoms with Crippen molar-refractivity contribution in [1.82, 2.24) is 0 Å². The van der Waals surface area contributed by atoms with Gasteiger partial charge < -0.3 is 10.4 Å². The minimum absolute atomic E-state index is 0.0721. The van der Waals surface area contributed by atoms with Crippen LogP contribution in [-0.2, 0) is 0 Å². The number of non-ortho nitro benzene ring substituents is 1. The number of nitro groups is 1. The maximum atomic E-state index is 12.2. The van der Waals surface area contributed by atoms with Gasteiger partial charge in [0, 0.05) is 28.9 Å². The van der Waals surface area contributed by atoms with E-state index < -0.39 is 4.92 Å². The Balaban J connectivity index is 1.91. The summed E-state index contributed by atoms with van der Waals surface area (Å²) in [7, 11) is 0. The molecule has 0 aromatic heterocycles. The van der Waals surface area contributed by atoms with Gasteiger partial charge in [-0.15, -0.1) is 0 Å². The van der Waals surface area contributed by atoms with Crippen LogP contribution in [-0.4, -0.2) is 15.9 Å². The molecule has 3 aromatic rings. The highest BCUT2D eigenvalue weighted by Gasteiger charge is 2.13. The predicted molar refractivity (Wildman–Crippen MR) is 94.6 cm³/mol. The lowest BCUT2D eigenvalue weighted by Gasteiger charge is -2.09. The fraction of sp³-hybridized carbons (Fsp3) is 0. The Labute approximate surface area is 143 Å². The minimum atomic E-state index is -0.524. The molecule has 3 rings (SSSR count). The summed E-state index contributed by atoms with van der Waals surface area (Å²) >= 11 is 0. The van der Waals surface area contributed by atoms with Gasteiger partial charge in [-0.1, -0.05) is 30.3 Å². The Morgan fingerprint density at radius 3 is 2.44 bits per heavy atom. The Morgan fingerprint density at radius 1 is 0.960 bits per heavy atom. The van der Waals surface area contributed by atoms with Crippen LogP contribution in [0.3, 0.4) is 0 Å². The van der Waals surface area contributed by atoms with Gasteiger partial charge >= 0.3 is 0 Å². The Kier molecular flexibility index (Phi) is 4.43. The second kappa shape index (κ2) is 6.84. The molecule has 6 heteroatoms. The summed E-state index contributed by atoms with van der Waals surface area (Å²) in [5.74, 6) is -0.335. The van der Waals surface area contributed by atoms with E-state index in [4.69, 9.17) is 0 Å². The first-order chi connectivity index (χ1) is 12.0. The SMILES string of the molecule is O=C(Nc1cccc(-c2cc([N+](=O)[O-])ccc2O)c1)c1ccccc1. The molecule has 0 fully saturated rings. The molecule has 0 spiro atoms. The zero-order valence-electron chi connectivity index (χ0n) is 13.0. The monoisotopic (exact) mass is 334 g/mol. The van der Waals surface area contributed by atoms with Crippen LogP contribution in [0, 0.1) is 10.1 Å². The molecule has 0 aliphatic heterocycles. The maximum absolute atomic E-state index is 12.2. The first-order valence-corrected chi connectivity index (χ1v) is 7.49. The fourth-order valence-corrected chi connectivity index (χ4v) is 2.43. The van der Waals surface area contributed by atoms with Gasteiger partial charge in [0.1, 0.15) is 5.75 Å². The third-order valence-electron chi connectivity index (χ3n) is 3.66. The largest absolute Gasteiger partial charge is 0.507 e. The summed E-state index contributed by atoms with van der Waals surface area (Å²) in [5.41, 5.74) is 1.81. The molecule has 124 valence electrons. The zero-order valence-corrected chi connectivity index (χ0v) is 13.0. The second-order valence-corrected chi connectivity index (χ2v) is 5.36. The number of nitro benzene ring substituents is 1. The van der Waals surface area contributed by atoms with Crippen LogP contribution in [0.2, 0.25) is 0 Å². The molecule has 6 nitrogen and oxygen atoms in total. The molecule has 1 amide bonds. The van der Waals surface area contributed by atoms with Crippen molar-refractivity contribution in [1.29, 1.82) is 0 Å². The molecule has 2 N–H and O–H groups in total. The van der Waals surface area contributed by atoms with Crippen LogP contribution < -0.4 is 5.32 Å². The van der Waals surface area contributed by atoms with Crippen molar-refractivity contribution in [3.05, 3.63) is 88.5 Å². The van der Waals surface area contributed by atoms with E-state index in [2.05, 4.69) is 5.32 Å². The summed E-state index contributed by atoms with van der Waals surface area (Å²) in [6.07, 6.45) is 0. The van der Waals surface area contributed by atoms with Gasteiger partial charge in [0.15, 0.2) is 0 Å². The average Bonchev–Trinajstić information content (AvgIpc) is 2.63. The molecular formula is C19H14N2O4. The van der Waals surface area contributed by atoms with Crippen molar-refractivity contribution < 1.29 is 14.8 Å². The third-order valence-corrected chi connectivity index (χ3v) is 3.66. The number of nitrogens with one attached hydrogen (secondary N) is 1. The predicted octanol–water partition coefficient (Wildman–Crippen LogP) is 4.22. The first kappa shape index (κ1) is 16.2. The number of hydrogen-bond donors (Lipinski definition) is 2. The number of carbonyl (C=O) groups is 1. The Morgan fingerprint density at radius 2 is 1.72 bits per heavy atom. The van der Waals surface area contributed by atoms with Crippen LogP contribution in [0.25, 0.3) is 11.1 Å². The van der Waals surface area contributed by atoms with Crippen LogP contribution in [0.15, 0.2) is 72.8 Å². The molecule has 3 aromatic carbocycles. The van der Waals surface area contributed by atoms with Gasteiger partial charge in [-0.2, -0.15) is 0 Å². The number of phenolic OH excluding ortho intramolecular Hbond substituents is 1. The molecule has 0 bridgehead atoms. The topological polar surface area (TPSA) is 92.5 Å². The molecule has 0 saturated heterocycles. The van der Waals surface area contributed by atoms with Gasteiger partial charge in [-0.3, -0.25) is 14.9 Å². The highest BCUT2D eigenvalue weighted by atomic mass is 16.6. The van der Waals surface area contributed by atoms with E-state index in [0.29, 0.717) is 22.4 Å². The highest BCUT2D eigenvalue weighted by Crippen LogP contribution is 2.33. The van der Waals surface area contributed by atoms with E-state index in [1.54, 1.807) is 48.5 Å².